The zero-order chi connectivity index (χ0) is 18.8. The number of benzene rings is 2. The second-order valence-electron chi connectivity index (χ2n) is 7.20. The molecule has 2 heterocycles. The smallest absolute Gasteiger partial charge is 0.338 e. The van der Waals surface area contributed by atoms with Gasteiger partial charge < -0.3 is 19.1 Å². The third kappa shape index (κ3) is 3.46. The fourth-order valence-corrected chi connectivity index (χ4v) is 4.43. The second kappa shape index (κ2) is 7.51. The van der Waals surface area contributed by atoms with Gasteiger partial charge in [0.1, 0.15) is 6.10 Å². The Morgan fingerprint density at radius 1 is 0.926 bits per heavy atom. The summed E-state index contributed by atoms with van der Waals surface area (Å²) in [5, 5.41) is 0. The maximum absolute atomic E-state index is 12.6. The van der Waals surface area contributed by atoms with Crippen LogP contribution in [-0.2, 0) is 4.74 Å². The SMILES string of the molecule is COc1ccc(C(=O)OC2CC3CC[C@H](C2)N3c2ccccc2)cc1OC. The Morgan fingerprint density at radius 3 is 2.22 bits per heavy atom. The van der Waals surface area contributed by atoms with Crippen molar-refractivity contribution in [2.45, 2.75) is 43.9 Å². The van der Waals surface area contributed by atoms with Crippen LogP contribution in [0.5, 0.6) is 11.5 Å². The third-order valence-corrected chi connectivity index (χ3v) is 5.64. The molecule has 2 aromatic carbocycles. The molecule has 0 amide bonds. The van der Waals surface area contributed by atoms with Gasteiger partial charge in [0.15, 0.2) is 11.5 Å². The van der Waals surface area contributed by atoms with Crippen molar-refractivity contribution < 1.29 is 19.0 Å². The number of carbonyl (C=O) groups is 1. The molecule has 0 aromatic heterocycles. The van der Waals surface area contributed by atoms with Crippen LogP contribution in [0.3, 0.4) is 0 Å². The molecule has 2 unspecified atom stereocenters. The monoisotopic (exact) mass is 367 g/mol. The number of esters is 1. The maximum Gasteiger partial charge on any atom is 0.338 e. The van der Waals surface area contributed by atoms with Crippen LogP contribution < -0.4 is 14.4 Å². The average molecular weight is 367 g/mol. The summed E-state index contributed by atoms with van der Waals surface area (Å²) in [5.41, 5.74) is 1.76. The number of nitrogens with zero attached hydrogens (tertiary/aromatic N) is 1. The molecule has 142 valence electrons. The Hall–Kier alpha value is -2.69. The van der Waals surface area contributed by atoms with Crippen LogP contribution in [0.2, 0.25) is 0 Å². The number of carbonyl (C=O) groups excluding carboxylic acids is 1. The van der Waals surface area contributed by atoms with Crippen LogP contribution in [0.1, 0.15) is 36.0 Å². The van der Waals surface area contributed by atoms with Gasteiger partial charge >= 0.3 is 5.97 Å². The summed E-state index contributed by atoms with van der Waals surface area (Å²) in [6, 6.07) is 16.5. The fraction of sp³-hybridized carbons (Fsp3) is 0.409. The molecule has 0 spiro atoms. The molecule has 2 bridgehead atoms. The second-order valence-corrected chi connectivity index (χ2v) is 7.20. The number of rotatable bonds is 5. The predicted molar refractivity (Wildman–Crippen MR) is 104 cm³/mol. The van der Waals surface area contributed by atoms with Crippen LogP contribution >= 0.6 is 0 Å². The number of hydrogen-bond acceptors (Lipinski definition) is 5. The lowest BCUT2D eigenvalue weighted by Gasteiger charge is -2.40. The Labute approximate surface area is 159 Å². The molecule has 2 aliphatic heterocycles. The highest BCUT2D eigenvalue weighted by molar-refractivity contribution is 5.90. The third-order valence-electron chi connectivity index (χ3n) is 5.64. The lowest BCUT2D eigenvalue weighted by Crippen LogP contribution is -2.46. The van der Waals surface area contributed by atoms with Crippen molar-refractivity contribution in [3.05, 3.63) is 54.1 Å². The van der Waals surface area contributed by atoms with Crippen molar-refractivity contribution in [1.82, 2.24) is 0 Å². The molecular formula is C22H25NO4. The van der Waals surface area contributed by atoms with Gasteiger partial charge in [0, 0.05) is 30.6 Å². The van der Waals surface area contributed by atoms with Crippen LogP contribution in [-0.4, -0.2) is 38.4 Å². The summed E-state index contributed by atoms with van der Waals surface area (Å²) in [7, 11) is 3.14. The van der Waals surface area contributed by atoms with Crippen molar-refractivity contribution in [1.29, 1.82) is 0 Å². The first kappa shape index (κ1) is 17.7. The van der Waals surface area contributed by atoms with Gasteiger partial charge in [0.25, 0.3) is 0 Å². The molecule has 2 fully saturated rings. The van der Waals surface area contributed by atoms with Gasteiger partial charge in [-0.25, -0.2) is 4.79 Å². The lowest BCUT2D eigenvalue weighted by molar-refractivity contribution is 0.0204. The Balaban J connectivity index is 1.44. The molecule has 2 saturated heterocycles. The number of fused-ring (bicyclic) bond motifs is 2. The standard InChI is InChI=1S/C22H25NO4/c1-25-20-11-8-15(12-21(20)26-2)22(24)27-19-13-17-9-10-18(14-19)23(17)16-6-4-3-5-7-16/h3-8,11-12,17-19H,9-10,13-14H2,1-2H3/t17-,18?,19?/m1/s1. The summed E-state index contributed by atoms with van der Waals surface area (Å²) in [6.07, 6.45) is 4.03. The first-order valence-corrected chi connectivity index (χ1v) is 9.46. The van der Waals surface area contributed by atoms with Gasteiger partial charge in [0.05, 0.1) is 19.8 Å². The number of anilines is 1. The number of methoxy groups -OCH3 is 2. The molecular weight excluding hydrogens is 342 g/mol. The summed E-state index contributed by atoms with van der Waals surface area (Å²) in [5.74, 6) is 0.836. The normalized spacial score (nSPS) is 23.8. The minimum atomic E-state index is -0.298. The van der Waals surface area contributed by atoms with E-state index >= 15 is 0 Å². The molecule has 0 aliphatic carbocycles. The van der Waals surface area contributed by atoms with E-state index in [1.165, 1.54) is 5.69 Å². The first-order chi connectivity index (χ1) is 13.2. The van der Waals surface area contributed by atoms with Crippen LogP contribution in [0, 0.1) is 0 Å². The van der Waals surface area contributed by atoms with Crippen molar-refractivity contribution in [2.75, 3.05) is 19.1 Å². The van der Waals surface area contributed by atoms with E-state index in [4.69, 9.17) is 14.2 Å². The quantitative estimate of drug-likeness (QED) is 0.746. The first-order valence-electron chi connectivity index (χ1n) is 9.46. The topological polar surface area (TPSA) is 48.0 Å². The van der Waals surface area contributed by atoms with Crippen LogP contribution in [0.25, 0.3) is 0 Å². The minimum Gasteiger partial charge on any atom is -0.493 e. The van der Waals surface area contributed by atoms with Gasteiger partial charge in [-0.15, -0.1) is 0 Å². The van der Waals surface area contributed by atoms with Gasteiger partial charge in [-0.2, -0.15) is 0 Å². The van der Waals surface area contributed by atoms with E-state index in [1.807, 2.05) is 6.07 Å². The van der Waals surface area contributed by atoms with Crippen molar-refractivity contribution in [2.24, 2.45) is 0 Å². The van der Waals surface area contributed by atoms with Gasteiger partial charge in [-0.05, 0) is 43.2 Å². The zero-order valence-corrected chi connectivity index (χ0v) is 15.8. The number of piperidine rings is 1. The van der Waals surface area contributed by atoms with Gasteiger partial charge in [-0.1, -0.05) is 18.2 Å². The van der Waals surface area contributed by atoms with E-state index in [2.05, 4.69) is 29.2 Å². The summed E-state index contributed by atoms with van der Waals surface area (Å²) in [6.45, 7) is 0. The van der Waals surface area contributed by atoms with E-state index in [1.54, 1.807) is 32.4 Å². The molecule has 27 heavy (non-hydrogen) atoms. The summed E-state index contributed by atoms with van der Waals surface area (Å²) < 4.78 is 16.4. The molecule has 3 atom stereocenters. The zero-order valence-electron chi connectivity index (χ0n) is 15.8. The molecule has 4 rings (SSSR count). The predicted octanol–water partition coefficient (Wildman–Crippen LogP) is 4.06. The lowest BCUT2D eigenvalue weighted by atomic mass is 9.98. The molecule has 2 aromatic rings. The van der Waals surface area contributed by atoms with Crippen molar-refractivity contribution in [3.8, 4) is 11.5 Å². The van der Waals surface area contributed by atoms with E-state index in [-0.39, 0.29) is 12.1 Å². The largest absolute Gasteiger partial charge is 0.493 e. The molecule has 0 N–H and O–H groups in total. The average Bonchev–Trinajstić information content (AvgIpc) is 2.98. The Kier molecular flexibility index (Phi) is 4.92. The van der Waals surface area contributed by atoms with E-state index in [9.17, 15) is 4.79 Å². The van der Waals surface area contributed by atoms with Crippen molar-refractivity contribution in [3.63, 3.8) is 0 Å². The minimum absolute atomic E-state index is 0.0388. The summed E-state index contributed by atoms with van der Waals surface area (Å²) in [4.78, 5) is 15.1. The molecule has 0 radical (unpaired) electrons. The van der Waals surface area contributed by atoms with Gasteiger partial charge in [0.2, 0.25) is 0 Å². The summed E-state index contributed by atoms with van der Waals surface area (Å²) >= 11 is 0. The van der Waals surface area contributed by atoms with Crippen LogP contribution in [0.15, 0.2) is 48.5 Å². The van der Waals surface area contributed by atoms with E-state index in [0.717, 1.165) is 25.7 Å². The van der Waals surface area contributed by atoms with E-state index < -0.39 is 0 Å². The Morgan fingerprint density at radius 2 is 1.59 bits per heavy atom. The van der Waals surface area contributed by atoms with E-state index in [0.29, 0.717) is 29.1 Å². The molecule has 2 aliphatic rings. The highest BCUT2D eigenvalue weighted by atomic mass is 16.5. The highest BCUT2D eigenvalue weighted by Crippen LogP contribution is 2.40. The van der Waals surface area contributed by atoms with Crippen molar-refractivity contribution >= 4 is 11.7 Å². The maximum atomic E-state index is 12.6. The fourth-order valence-electron chi connectivity index (χ4n) is 4.43. The Bertz CT molecular complexity index is 793. The number of ether oxygens (including phenoxy) is 3. The van der Waals surface area contributed by atoms with Gasteiger partial charge in [-0.3, -0.25) is 0 Å². The molecule has 0 saturated carbocycles. The van der Waals surface area contributed by atoms with Crippen LogP contribution in [0.4, 0.5) is 5.69 Å². The molecule has 5 nitrogen and oxygen atoms in total. The highest BCUT2D eigenvalue weighted by Gasteiger charge is 2.42. The number of hydrogen-bond donors (Lipinski definition) is 0. The number of para-hydroxylation sites is 1. The molecule has 5 heteroatoms.